The van der Waals surface area contributed by atoms with Crippen LogP contribution in [0.4, 0.5) is 15.6 Å². The van der Waals surface area contributed by atoms with Gasteiger partial charge >= 0.3 is 6.03 Å². The highest BCUT2D eigenvalue weighted by Gasteiger charge is 2.23. The third-order valence-corrected chi connectivity index (χ3v) is 4.19. The van der Waals surface area contributed by atoms with E-state index in [1.54, 1.807) is 0 Å². The molecule has 1 aliphatic carbocycles. The third kappa shape index (κ3) is 3.94. The van der Waals surface area contributed by atoms with Gasteiger partial charge in [-0.15, -0.1) is 0 Å². The first kappa shape index (κ1) is 14.8. The van der Waals surface area contributed by atoms with Gasteiger partial charge in [0.05, 0.1) is 6.04 Å². The summed E-state index contributed by atoms with van der Waals surface area (Å²) >= 11 is 1.36. The van der Waals surface area contributed by atoms with Gasteiger partial charge < -0.3 is 16.0 Å². The van der Waals surface area contributed by atoms with Crippen LogP contribution in [-0.2, 0) is 0 Å². The van der Waals surface area contributed by atoms with Crippen molar-refractivity contribution < 1.29 is 4.79 Å². The number of carbonyl (C=O) groups is 1. The van der Waals surface area contributed by atoms with Crippen molar-refractivity contribution in [2.45, 2.75) is 38.8 Å². The van der Waals surface area contributed by atoms with Crippen molar-refractivity contribution in [3.63, 3.8) is 0 Å². The van der Waals surface area contributed by atoms with Gasteiger partial charge in [-0.05, 0) is 44.4 Å². The lowest BCUT2D eigenvalue weighted by Crippen LogP contribution is -2.30. The molecule has 1 aliphatic rings. The molecule has 2 aromatic rings. The lowest BCUT2D eigenvalue weighted by atomic mass is 10.1. The minimum atomic E-state index is -0.134. The first-order chi connectivity index (χ1) is 10.6. The molecular formula is C15H19N5OS. The van der Waals surface area contributed by atoms with Crippen molar-refractivity contribution >= 4 is 28.4 Å². The zero-order chi connectivity index (χ0) is 15.5. The highest BCUT2D eigenvalue weighted by atomic mass is 32.1. The molecule has 1 fully saturated rings. The molecule has 0 saturated heterocycles. The second kappa shape index (κ2) is 6.31. The monoisotopic (exact) mass is 317 g/mol. The maximum atomic E-state index is 11.7. The SMILES string of the molecule is Cc1nsc(NC(C)c2ccc(NC(=O)NC3CC3)cc2)n1. The minimum Gasteiger partial charge on any atom is -0.354 e. The number of hydrogen-bond donors (Lipinski definition) is 3. The van der Waals surface area contributed by atoms with Gasteiger partial charge in [-0.1, -0.05) is 12.1 Å². The number of carbonyl (C=O) groups excluding carboxylic acids is 1. The van der Waals surface area contributed by atoms with E-state index in [-0.39, 0.29) is 12.1 Å². The van der Waals surface area contributed by atoms with Gasteiger partial charge in [-0.2, -0.15) is 4.37 Å². The lowest BCUT2D eigenvalue weighted by molar-refractivity contribution is 0.251. The second-order valence-electron chi connectivity index (χ2n) is 5.51. The molecule has 1 saturated carbocycles. The molecule has 7 heteroatoms. The Morgan fingerprint density at radius 1 is 1.32 bits per heavy atom. The van der Waals surface area contributed by atoms with E-state index in [9.17, 15) is 4.79 Å². The molecule has 1 aromatic carbocycles. The van der Waals surface area contributed by atoms with Gasteiger partial charge in [0.15, 0.2) is 0 Å². The normalized spacial score (nSPS) is 15.2. The molecule has 1 heterocycles. The molecule has 3 rings (SSSR count). The Morgan fingerprint density at radius 3 is 2.64 bits per heavy atom. The number of nitrogens with zero attached hydrogens (tertiary/aromatic N) is 2. The van der Waals surface area contributed by atoms with Crippen LogP contribution in [0.2, 0.25) is 0 Å². The average molecular weight is 317 g/mol. The van der Waals surface area contributed by atoms with Crippen molar-refractivity contribution in [1.29, 1.82) is 0 Å². The van der Waals surface area contributed by atoms with Gasteiger partial charge in [0.1, 0.15) is 5.82 Å². The summed E-state index contributed by atoms with van der Waals surface area (Å²) in [4.78, 5) is 16.0. The maximum Gasteiger partial charge on any atom is 0.319 e. The van der Waals surface area contributed by atoms with E-state index >= 15 is 0 Å². The summed E-state index contributed by atoms with van der Waals surface area (Å²) in [6, 6.07) is 8.17. The number of benzene rings is 1. The molecular weight excluding hydrogens is 298 g/mol. The Bertz CT molecular complexity index is 650. The van der Waals surface area contributed by atoms with Crippen molar-refractivity contribution in [2.75, 3.05) is 10.6 Å². The quantitative estimate of drug-likeness (QED) is 0.790. The standard InChI is InChI=1S/C15H19N5OS/c1-9(16-15-17-10(2)20-22-15)11-3-5-12(6-4-11)18-14(21)19-13-7-8-13/h3-6,9,13H,7-8H2,1-2H3,(H,16,17,20)(H2,18,19,21). The van der Waals surface area contributed by atoms with E-state index in [4.69, 9.17) is 0 Å². The van der Waals surface area contributed by atoms with Crippen LogP contribution < -0.4 is 16.0 Å². The van der Waals surface area contributed by atoms with Crippen LogP contribution >= 0.6 is 11.5 Å². The molecule has 6 nitrogen and oxygen atoms in total. The largest absolute Gasteiger partial charge is 0.354 e. The summed E-state index contributed by atoms with van der Waals surface area (Å²) in [5.41, 5.74) is 1.92. The molecule has 0 spiro atoms. The molecule has 22 heavy (non-hydrogen) atoms. The zero-order valence-electron chi connectivity index (χ0n) is 12.6. The fourth-order valence-electron chi connectivity index (χ4n) is 2.06. The van der Waals surface area contributed by atoms with Crippen molar-refractivity contribution in [1.82, 2.24) is 14.7 Å². The van der Waals surface area contributed by atoms with Crippen molar-refractivity contribution in [3.8, 4) is 0 Å². The molecule has 1 atom stereocenters. The molecule has 2 amide bonds. The van der Waals surface area contributed by atoms with Gasteiger partial charge in [-0.3, -0.25) is 0 Å². The van der Waals surface area contributed by atoms with E-state index < -0.39 is 0 Å². The predicted molar refractivity (Wildman–Crippen MR) is 88.3 cm³/mol. The van der Waals surface area contributed by atoms with Crippen LogP contribution in [0.15, 0.2) is 24.3 Å². The topological polar surface area (TPSA) is 78.9 Å². The summed E-state index contributed by atoms with van der Waals surface area (Å²) in [7, 11) is 0. The Morgan fingerprint density at radius 2 is 2.05 bits per heavy atom. The smallest absolute Gasteiger partial charge is 0.319 e. The van der Waals surface area contributed by atoms with Gasteiger partial charge in [-0.25, -0.2) is 9.78 Å². The first-order valence-corrected chi connectivity index (χ1v) is 8.12. The summed E-state index contributed by atoms with van der Waals surface area (Å²) < 4.78 is 4.15. The molecule has 0 aliphatic heterocycles. The Hall–Kier alpha value is -2.15. The van der Waals surface area contributed by atoms with Crippen molar-refractivity contribution in [2.24, 2.45) is 0 Å². The second-order valence-corrected chi connectivity index (χ2v) is 6.26. The first-order valence-electron chi connectivity index (χ1n) is 7.34. The van der Waals surface area contributed by atoms with Crippen LogP contribution in [0, 0.1) is 6.92 Å². The molecule has 0 radical (unpaired) electrons. The number of anilines is 2. The summed E-state index contributed by atoms with van der Waals surface area (Å²) in [6.07, 6.45) is 2.17. The lowest BCUT2D eigenvalue weighted by Gasteiger charge is -2.14. The van der Waals surface area contributed by atoms with Crippen LogP contribution in [-0.4, -0.2) is 21.4 Å². The average Bonchev–Trinajstić information content (AvgIpc) is 3.20. The maximum absolute atomic E-state index is 11.7. The fraction of sp³-hybridized carbons (Fsp3) is 0.400. The number of rotatable bonds is 5. The van der Waals surface area contributed by atoms with Gasteiger partial charge in [0.25, 0.3) is 0 Å². The zero-order valence-corrected chi connectivity index (χ0v) is 13.4. The Labute approximate surface area is 133 Å². The van der Waals surface area contributed by atoms with Gasteiger partial charge in [0, 0.05) is 23.3 Å². The highest BCUT2D eigenvalue weighted by molar-refractivity contribution is 7.09. The molecule has 0 bridgehead atoms. The Kier molecular flexibility index (Phi) is 4.24. The van der Waals surface area contributed by atoms with Crippen LogP contribution in [0.3, 0.4) is 0 Å². The minimum absolute atomic E-state index is 0.127. The molecule has 1 unspecified atom stereocenters. The number of aromatic nitrogens is 2. The van der Waals surface area contributed by atoms with E-state index in [0.29, 0.717) is 6.04 Å². The van der Waals surface area contributed by atoms with E-state index in [2.05, 4.69) is 32.2 Å². The van der Waals surface area contributed by atoms with E-state index in [1.165, 1.54) is 11.5 Å². The molecule has 3 N–H and O–H groups in total. The summed E-state index contributed by atoms with van der Waals surface area (Å²) in [5.74, 6) is 0.779. The van der Waals surface area contributed by atoms with Crippen LogP contribution in [0.5, 0.6) is 0 Å². The van der Waals surface area contributed by atoms with Crippen LogP contribution in [0.1, 0.15) is 37.2 Å². The fourth-order valence-corrected chi connectivity index (χ4v) is 2.72. The molecule has 116 valence electrons. The van der Waals surface area contributed by atoms with E-state index in [1.807, 2.05) is 31.2 Å². The number of urea groups is 1. The molecule has 1 aromatic heterocycles. The number of nitrogens with one attached hydrogen (secondary N) is 3. The summed E-state index contributed by atoms with van der Waals surface area (Å²) in [5, 5.41) is 9.87. The third-order valence-electron chi connectivity index (χ3n) is 3.45. The Balaban J connectivity index is 1.56. The number of amides is 2. The van der Waals surface area contributed by atoms with Crippen molar-refractivity contribution in [3.05, 3.63) is 35.7 Å². The number of aryl methyl sites for hydroxylation is 1. The van der Waals surface area contributed by atoms with Gasteiger partial charge in [0.2, 0.25) is 5.13 Å². The van der Waals surface area contributed by atoms with E-state index in [0.717, 1.165) is 35.0 Å². The number of hydrogen-bond acceptors (Lipinski definition) is 5. The summed E-state index contributed by atoms with van der Waals surface area (Å²) in [6.45, 7) is 3.94. The van der Waals surface area contributed by atoms with Crippen LogP contribution in [0.25, 0.3) is 0 Å². The predicted octanol–water partition coefficient (Wildman–Crippen LogP) is 3.30. The highest BCUT2D eigenvalue weighted by Crippen LogP contribution is 2.22.